The summed E-state index contributed by atoms with van der Waals surface area (Å²) in [4.78, 5) is 4.06. The number of aliphatic imine (C=N–C) groups is 1. The van der Waals surface area contributed by atoms with Crippen LogP contribution in [-0.4, -0.2) is 12.8 Å². The largest absolute Gasteiger partial charge is 0.405 e. The van der Waals surface area contributed by atoms with Crippen molar-refractivity contribution < 1.29 is 0 Å². The molecule has 1 aliphatic heterocycles. The van der Waals surface area contributed by atoms with E-state index in [1.54, 1.807) is 0 Å². The maximum absolute atomic E-state index is 5.08. The maximum atomic E-state index is 5.08. The average molecular weight is 222 g/mol. The van der Waals surface area contributed by atoms with Gasteiger partial charge < -0.3 is 5.73 Å². The van der Waals surface area contributed by atoms with Gasteiger partial charge in [0.15, 0.2) is 0 Å². The normalized spacial score (nSPS) is 14.6. The molecule has 0 atom stereocenters. The van der Waals surface area contributed by atoms with Crippen LogP contribution in [0.4, 0.5) is 0 Å². The molecule has 0 amide bonds. The molecule has 0 unspecified atom stereocenters. The van der Waals surface area contributed by atoms with E-state index in [-0.39, 0.29) is 0 Å². The van der Waals surface area contributed by atoms with Crippen molar-refractivity contribution in [3.8, 4) is 0 Å². The summed E-state index contributed by atoms with van der Waals surface area (Å²) >= 11 is 0. The molecule has 2 heteroatoms. The third-order valence-corrected chi connectivity index (χ3v) is 1.83. The number of dihydropyridines is 1. The molecule has 0 bridgehead atoms. The van der Waals surface area contributed by atoms with Crippen molar-refractivity contribution in [3.05, 3.63) is 35.6 Å². The van der Waals surface area contributed by atoms with Crippen LogP contribution in [-0.2, 0) is 0 Å². The van der Waals surface area contributed by atoms with Gasteiger partial charge in [-0.25, -0.2) is 0 Å². The van der Waals surface area contributed by atoms with Crippen LogP contribution < -0.4 is 5.73 Å². The van der Waals surface area contributed by atoms with Crippen molar-refractivity contribution in [1.29, 1.82) is 0 Å². The Balaban J connectivity index is 0. The van der Waals surface area contributed by atoms with E-state index in [2.05, 4.69) is 18.0 Å². The van der Waals surface area contributed by atoms with Crippen LogP contribution in [0.25, 0.3) is 0 Å². The highest BCUT2D eigenvalue weighted by molar-refractivity contribution is 5.78. The summed E-state index contributed by atoms with van der Waals surface area (Å²) in [5, 5.41) is 0. The summed E-state index contributed by atoms with van der Waals surface area (Å²) in [6.45, 7) is 11.0. The summed E-state index contributed by atoms with van der Waals surface area (Å²) < 4.78 is 0. The minimum absolute atomic E-state index is 0.983. The fraction of sp³-hybridized carbons (Fsp3) is 0.500. The zero-order valence-electron chi connectivity index (χ0n) is 11.3. The summed E-state index contributed by atoms with van der Waals surface area (Å²) in [7, 11) is 0. The molecule has 0 saturated carbocycles. The molecule has 2 N–H and O–H groups in total. The monoisotopic (exact) mass is 222 g/mol. The summed E-state index contributed by atoms with van der Waals surface area (Å²) in [6.07, 6.45) is 10.7. The molecule has 0 aromatic rings. The van der Waals surface area contributed by atoms with Gasteiger partial charge in [0.25, 0.3) is 0 Å². The zero-order chi connectivity index (χ0) is 12.8. The smallest absolute Gasteiger partial charge is 0.0424 e. The van der Waals surface area contributed by atoms with Gasteiger partial charge >= 0.3 is 0 Å². The van der Waals surface area contributed by atoms with Gasteiger partial charge in [0.2, 0.25) is 0 Å². The predicted octanol–water partition coefficient (Wildman–Crippen LogP) is 3.86. The second-order valence-electron chi connectivity index (χ2n) is 3.16. The third kappa shape index (κ3) is 12.7. The molecule has 1 heterocycles. The number of hydrogen-bond acceptors (Lipinski definition) is 2. The fourth-order valence-electron chi connectivity index (χ4n) is 0.876. The maximum Gasteiger partial charge on any atom is 0.0424 e. The standard InChI is InChI=1S/C6H9N.C6H11N.C2H6/c1-6-3-2-4-7-5-6;1-3-6(2)4-5-7;1-2/h3,5H,2,4H2,1H3;3-5H,7H2,1-2H3;1-2H3/b;5-4-,6-3-;. The van der Waals surface area contributed by atoms with Crippen LogP contribution in [0.1, 0.15) is 41.0 Å². The van der Waals surface area contributed by atoms with Gasteiger partial charge in [-0.05, 0) is 45.0 Å². The molecule has 0 aromatic carbocycles. The third-order valence-electron chi connectivity index (χ3n) is 1.83. The highest BCUT2D eigenvalue weighted by Crippen LogP contribution is 1.97. The molecule has 0 spiro atoms. The fourth-order valence-corrected chi connectivity index (χ4v) is 0.876. The first-order valence-corrected chi connectivity index (χ1v) is 5.88. The minimum atomic E-state index is 0.983. The Morgan fingerprint density at radius 1 is 1.44 bits per heavy atom. The Morgan fingerprint density at radius 3 is 2.25 bits per heavy atom. The Hall–Kier alpha value is -1.31. The Labute approximate surface area is 101 Å². The summed E-state index contributed by atoms with van der Waals surface area (Å²) in [6, 6.07) is 0. The van der Waals surface area contributed by atoms with Gasteiger partial charge in [-0.1, -0.05) is 31.6 Å². The Morgan fingerprint density at radius 2 is 2.06 bits per heavy atom. The molecule has 0 aromatic heterocycles. The van der Waals surface area contributed by atoms with E-state index in [0.717, 1.165) is 13.0 Å². The lowest BCUT2D eigenvalue weighted by atomic mass is 10.2. The SMILES string of the molecule is C/C=C(C)\C=C/N.CC.CC1=CCCN=C1. The molecule has 1 rings (SSSR count). The summed E-state index contributed by atoms with van der Waals surface area (Å²) in [5.41, 5.74) is 7.58. The molecule has 0 aliphatic carbocycles. The lowest BCUT2D eigenvalue weighted by Crippen LogP contribution is -1.88. The predicted molar refractivity (Wildman–Crippen MR) is 75.8 cm³/mol. The number of nitrogens with zero attached hydrogens (tertiary/aromatic N) is 1. The number of hydrogen-bond donors (Lipinski definition) is 1. The zero-order valence-corrected chi connectivity index (χ0v) is 11.3. The van der Waals surface area contributed by atoms with Crippen molar-refractivity contribution in [2.75, 3.05) is 6.54 Å². The molecule has 1 aliphatic rings. The second-order valence-corrected chi connectivity index (χ2v) is 3.16. The van der Waals surface area contributed by atoms with Crippen molar-refractivity contribution in [3.63, 3.8) is 0 Å². The highest BCUT2D eigenvalue weighted by Gasteiger charge is 1.87. The van der Waals surface area contributed by atoms with E-state index in [0.29, 0.717) is 0 Å². The van der Waals surface area contributed by atoms with E-state index in [1.807, 2.05) is 46.1 Å². The quantitative estimate of drug-likeness (QED) is 0.672. The molecule has 0 radical (unpaired) electrons. The van der Waals surface area contributed by atoms with Crippen molar-refractivity contribution >= 4 is 6.21 Å². The van der Waals surface area contributed by atoms with Crippen LogP contribution in [0.2, 0.25) is 0 Å². The molecule has 16 heavy (non-hydrogen) atoms. The summed E-state index contributed by atoms with van der Waals surface area (Å²) in [5.74, 6) is 0. The Kier molecular flexibility index (Phi) is 14.6. The van der Waals surface area contributed by atoms with Crippen LogP contribution >= 0.6 is 0 Å². The first-order chi connectivity index (χ1) is 7.70. The van der Waals surface area contributed by atoms with E-state index in [9.17, 15) is 0 Å². The van der Waals surface area contributed by atoms with Crippen LogP contribution in [0.15, 0.2) is 40.6 Å². The van der Waals surface area contributed by atoms with E-state index < -0.39 is 0 Å². The first-order valence-electron chi connectivity index (χ1n) is 5.88. The molecule has 0 saturated heterocycles. The van der Waals surface area contributed by atoms with Gasteiger partial charge in [0, 0.05) is 12.8 Å². The molecular formula is C14H26N2. The minimum Gasteiger partial charge on any atom is -0.405 e. The van der Waals surface area contributed by atoms with Crippen molar-refractivity contribution in [2.45, 2.75) is 41.0 Å². The average Bonchev–Trinajstić information content (AvgIpc) is 2.34. The Bertz CT molecular complexity index is 256. The molecular weight excluding hydrogens is 196 g/mol. The van der Waals surface area contributed by atoms with Gasteiger partial charge in [-0.15, -0.1) is 0 Å². The van der Waals surface area contributed by atoms with Crippen LogP contribution in [0, 0.1) is 0 Å². The van der Waals surface area contributed by atoms with E-state index >= 15 is 0 Å². The first kappa shape index (κ1) is 17.1. The number of nitrogens with two attached hydrogens (primary N) is 1. The van der Waals surface area contributed by atoms with E-state index in [1.165, 1.54) is 17.3 Å². The molecule has 2 nitrogen and oxygen atoms in total. The number of rotatable bonds is 1. The lowest BCUT2D eigenvalue weighted by Gasteiger charge is -1.96. The van der Waals surface area contributed by atoms with Crippen LogP contribution in [0.3, 0.4) is 0 Å². The van der Waals surface area contributed by atoms with Gasteiger partial charge in [0.1, 0.15) is 0 Å². The van der Waals surface area contributed by atoms with Gasteiger partial charge in [-0.3, -0.25) is 4.99 Å². The molecule has 0 fully saturated rings. The number of allylic oxidation sites excluding steroid dienone is 4. The van der Waals surface area contributed by atoms with Gasteiger partial charge in [-0.2, -0.15) is 0 Å². The lowest BCUT2D eigenvalue weighted by molar-refractivity contribution is 0.989. The van der Waals surface area contributed by atoms with Crippen molar-refractivity contribution in [2.24, 2.45) is 10.7 Å². The van der Waals surface area contributed by atoms with E-state index in [4.69, 9.17) is 5.73 Å². The van der Waals surface area contributed by atoms with Gasteiger partial charge in [0.05, 0.1) is 0 Å². The molecule has 92 valence electrons. The van der Waals surface area contributed by atoms with Crippen molar-refractivity contribution in [1.82, 2.24) is 0 Å². The topological polar surface area (TPSA) is 38.4 Å². The highest BCUT2D eigenvalue weighted by atomic mass is 14.7. The van der Waals surface area contributed by atoms with Crippen LogP contribution in [0.5, 0.6) is 0 Å². The second kappa shape index (κ2) is 13.7.